The standard InChI is InChI=1S/C28H39N5O2/c1-3-21-11-13-22(14-12-21)24-19-25-26(34)32(18-17-31-15-7-8-16-31)28(2,20-33(25)30-24)27(35)29-23-9-5-4-6-10-23/h11-14,19,23H,3-10,15-18,20H2,1-2H3,(H,29,35). The van der Waals surface area contributed by atoms with E-state index < -0.39 is 5.54 Å². The van der Waals surface area contributed by atoms with Gasteiger partial charge in [0.15, 0.2) is 0 Å². The van der Waals surface area contributed by atoms with Gasteiger partial charge in [0.25, 0.3) is 5.91 Å². The van der Waals surface area contributed by atoms with Gasteiger partial charge >= 0.3 is 0 Å². The molecule has 7 heteroatoms. The van der Waals surface area contributed by atoms with Crippen LogP contribution < -0.4 is 5.32 Å². The van der Waals surface area contributed by atoms with Crippen LogP contribution in [-0.4, -0.2) is 69.2 Å². The van der Waals surface area contributed by atoms with E-state index in [9.17, 15) is 9.59 Å². The number of amides is 2. The second-order valence-corrected chi connectivity index (χ2v) is 10.7. The van der Waals surface area contributed by atoms with Crippen molar-refractivity contribution in [1.82, 2.24) is 24.9 Å². The summed E-state index contributed by atoms with van der Waals surface area (Å²) in [5.74, 6) is -0.144. The minimum atomic E-state index is -0.962. The molecule has 0 spiro atoms. The molecule has 1 aromatic heterocycles. The summed E-state index contributed by atoms with van der Waals surface area (Å²) in [5, 5.41) is 8.10. The number of aryl methyl sites for hydroxylation is 1. The van der Waals surface area contributed by atoms with Crippen LogP contribution in [0.1, 0.15) is 74.8 Å². The van der Waals surface area contributed by atoms with Gasteiger partial charge in [-0.15, -0.1) is 0 Å². The highest BCUT2D eigenvalue weighted by atomic mass is 16.2. The summed E-state index contributed by atoms with van der Waals surface area (Å²) < 4.78 is 1.76. The number of hydrogen-bond acceptors (Lipinski definition) is 4. The molecule has 35 heavy (non-hydrogen) atoms. The Balaban J connectivity index is 1.43. The smallest absolute Gasteiger partial charge is 0.273 e. The van der Waals surface area contributed by atoms with Crippen LogP contribution in [0.4, 0.5) is 0 Å². The number of nitrogens with one attached hydrogen (secondary N) is 1. The largest absolute Gasteiger partial charge is 0.351 e. The van der Waals surface area contributed by atoms with Gasteiger partial charge in [0.1, 0.15) is 11.2 Å². The summed E-state index contributed by atoms with van der Waals surface area (Å²) in [6, 6.07) is 10.5. The predicted molar refractivity (Wildman–Crippen MR) is 137 cm³/mol. The van der Waals surface area contributed by atoms with Gasteiger partial charge in [-0.2, -0.15) is 5.10 Å². The highest BCUT2D eigenvalue weighted by Gasteiger charge is 2.48. The highest BCUT2D eigenvalue weighted by molar-refractivity contribution is 6.00. The van der Waals surface area contributed by atoms with Crippen LogP contribution in [0, 0.1) is 0 Å². The fourth-order valence-corrected chi connectivity index (χ4v) is 5.88. The molecule has 2 amide bonds. The second kappa shape index (κ2) is 10.1. The third-order valence-electron chi connectivity index (χ3n) is 8.22. The van der Waals surface area contributed by atoms with E-state index in [1.807, 2.05) is 17.9 Å². The number of carbonyl (C=O) groups excluding carboxylic acids is 2. The molecule has 1 saturated carbocycles. The molecule has 1 aliphatic carbocycles. The van der Waals surface area contributed by atoms with Crippen molar-refractivity contribution in [2.75, 3.05) is 26.2 Å². The summed E-state index contributed by atoms with van der Waals surface area (Å²) in [6.45, 7) is 7.94. The van der Waals surface area contributed by atoms with Gasteiger partial charge in [-0.05, 0) is 63.7 Å². The van der Waals surface area contributed by atoms with Crippen molar-refractivity contribution >= 4 is 11.8 Å². The maximum absolute atomic E-state index is 13.8. The number of carbonyl (C=O) groups is 2. The minimum absolute atomic E-state index is 0.0471. The fraction of sp³-hybridized carbons (Fsp3) is 0.607. The maximum Gasteiger partial charge on any atom is 0.273 e. The van der Waals surface area contributed by atoms with Crippen molar-refractivity contribution in [3.05, 3.63) is 41.6 Å². The van der Waals surface area contributed by atoms with Crippen LogP contribution in [0.25, 0.3) is 11.3 Å². The van der Waals surface area contributed by atoms with Crippen molar-refractivity contribution in [2.45, 2.75) is 83.3 Å². The van der Waals surface area contributed by atoms with Gasteiger partial charge in [-0.25, -0.2) is 0 Å². The first-order valence-electron chi connectivity index (χ1n) is 13.5. The molecule has 2 aliphatic heterocycles. The van der Waals surface area contributed by atoms with Gasteiger partial charge in [-0.3, -0.25) is 14.3 Å². The van der Waals surface area contributed by atoms with E-state index in [0.717, 1.165) is 63.0 Å². The Labute approximate surface area is 208 Å². The zero-order valence-electron chi connectivity index (χ0n) is 21.3. The molecule has 188 valence electrons. The lowest BCUT2D eigenvalue weighted by atomic mass is 9.91. The highest BCUT2D eigenvalue weighted by Crippen LogP contribution is 2.31. The van der Waals surface area contributed by atoms with Crippen LogP contribution in [0.3, 0.4) is 0 Å². The summed E-state index contributed by atoms with van der Waals surface area (Å²) in [7, 11) is 0. The van der Waals surface area contributed by atoms with Crippen LogP contribution >= 0.6 is 0 Å². The van der Waals surface area contributed by atoms with Crippen molar-refractivity contribution in [3.8, 4) is 11.3 Å². The Morgan fingerprint density at radius 2 is 1.77 bits per heavy atom. The second-order valence-electron chi connectivity index (χ2n) is 10.7. The zero-order valence-corrected chi connectivity index (χ0v) is 21.3. The lowest BCUT2D eigenvalue weighted by molar-refractivity contribution is -0.134. The number of likely N-dealkylation sites (tertiary alicyclic amines) is 1. The van der Waals surface area contributed by atoms with Gasteiger partial charge in [-0.1, -0.05) is 50.5 Å². The quantitative estimate of drug-likeness (QED) is 0.657. The third kappa shape index (κ3) is 4.88. The molecule has 2 aromatic rings. The van der Waals surface area contributed by atoms with Crippen LogP contribution in [0.15, 0.2) is 30.3 Å². The molecule has 3 aliphatic rings. The van der Waals surface area contributed by atoms with Crippen molar-refractivity contribution < 1.29 is 9.59 Å². The maximum atomic E-state index is 13.8. The molecule has 5 rings (SSSR count). The van der Waals surface area contributed by atoms with Gasteiger partial charge in [0.2, 0.25) is 5.91 Å². The van der Waals surface area contributed by atoms with E-state index >= 15 is 0 Å². The SMILES string of the molecule is CCc1ccc(-c2cc3n(n2)CC(C)(C(=O)NC2CCCCC2)N(CCN2CCCC2)C3=O)cc1. The first kappa shape index (κ1) is 24.0. The molecule has 1 saturated heterocycles. The Bertz CT molecular complexity index is 1050. The number of hydrogen-bond donors (Lipinski definition) is 1. The van der Waals surface area contributed by atoms with Gasteiger partial charge < -0.3 is 15.1 Å². The molecule has 1 atom stereocenters. The lowest BCUT2D eigenvalue weighted by Crippen LogP contribution is -2.66. The van der Waals surface area contributed by atoms with Crippen molar-refractivity contribution in [3.63, 3.8) is 0 Å². The Hall–Kier alpha value is -2.67. The van der Waals surface area contributed by atoms with Crippen molar-refractivity contribution in [2.24, 2.45) is 0 Å². The summed E-state index contributed by atoms with van der Waals surface area (Å²) in [6.07, 6.45) is 9.00. The van der Waals surface area contributed by atoms with Crippen LogP contribution in [0.2, 0.25) is 0 Å². The van der Waals surface area contributed by atoms with E-state index in [2.05, 4.69) is 41.4 Å². The molecule has 1 aromatic carbocycles. The molecule has 3 heterocycles. The molecule has 1 N–H and O–H groups in total. The normalized spacial score (nSPS) is 23.5. The molecular formula is C28H39N5O2. The van der Waals surface area contributed by atoms with E-state index in [4.69, 9.17) is 5.10 Å². The van der Waals surface area contributed by atoms with Crippen LogP contribution in [-0.2, 0) is 17.8 Å². The van der Waals surface area contributed by atoms with Crippen molar-refractivity contribution in [1.29, 1.82) is 0 Å². The van der Waals surface area contributed by atoms with E-state index in [0.29, 0.717) is 18.8 Å². The molecule has 1 unspecified atom stereocenters. The first-order chi connectivity index (χ1) is 17.0. The number of rotatable bonds is 7. The first-order valence-corrected chi connectivity index (χ1v) is 13.5. The molecular weight excluding hydrogens is 438 g/mol. The summed E-state index contributed by atoms with van der Waals surface area (Å²) in [4.78, 5) is 31.8. The zero-order chi connectivity index (χ0) is 24.4. The van der Waals surface area contributed by atoms with E-state index in [-0.39, 0.29) is 17.9 Å². The molecule has 0 radical (unpaired) electrons. The Kier molecular flexibility index (Phi) is 6.96. The third-order valence-corrected chi connectivity index (χ3v) is 8.22. The molecule has 2 fully saturated rings. The summed E-state index contributed by atoms with van der Waals surface area (Å²) in [5.41, 5.74) is 2.66. The average molecular weight is 478 g/mol. The number of nitrogens with zero attached hydrogens (tertiary/aromatic N) is 4. The summed E-state index contributed by atoms with van der Waals surface area (Å²) >= 11 is 0. The Morgan fingerprint density at radius 1 is 1.06 bits per heavy atom. The monoisotopic (exact) mass is 477 g/mol. The molecule has 7 nitrogen and oxygen atoms in total. The fourth-order valence-electron chi connectivity index (χ4n) is 5.88. The number of fused-ring (bicyclic) bond motifs is 1. The average Bonchev–Trinajstić information content (AvgIpc) is 3.55. The van der Waals surface area contributed by atoms with E-state index in [1.165, 1.54) is 24.8 Å². The lowest BCUT2D eigenvalue weighted by Gasteiger charge is -2.44. The Morgan fingerprint density at radius 3 is 2.46 bits per heavy atom. The number of benzene rings is 1. The molecule has 0 bridgehead atoms. The number of aromatic nitrogens is 2. The van der Waals surface area contributed by atoms with Gasteiger partial charge in [0.05, 0.1) is 12.2 Å². The van der Waals surface area contributed by atoms with E-state index in [1.54, 1.807) is 4.68 Å². The minimum Gasteiger partial charge on any atom is -0.351 e. The van der Waals surface area contributed by atoms with Gasteiger partial charge in [0, 0.05) is 24.7 Å². The topological polar surface area (TPSA) is 70.5 Å². The predicted octanol–water partition coefficient (Wildman–Crippen LogP) is 3.87. The van der Waals surface area contributed by atoms with Crippen LogP contribution in [0.5, 0.6) is 0 Å².